The van der Waals surface area contributed by atoms with Crippen molar-refractivity contribution in [1.29, 1.82) is 0 Å². The molecule has 0 bridgehead atoms. The van der Waals surface area contributed by atoms with Gasteiger partial charge < -0.3 is 9.64 Å². The molecule has 0 radical (unpaired) electrons. The molecule has 1 saturated heterocycles. The summed E-state index contributed by atoms with van der Waals surface area (Å²) < 4.78 is 5.60. The monoisotopic (exact) mass is 296 g/mol. The Kier molecular flexibility index (Phi) is 3.78. The quantitative estimate of drug-likeness (QED) is 0.795. The van der Waals surface area contributed by atoms with Crippen molar-refractivity contribution >= 4 is 39.8 Å². The van der Waals surface area contributed by atoms with E-state index in [1.807, 2.05) is 30.5 Å². The van der Waals surface area contributed by atoms with Crippen LogP contribution in [-0.4, -0.2) is 36.7 Å². The Hall–Kier alpha value is -1.03. The Morgan fingerprint density at radius 3 is 3.11 bits per heavy atom. The predicted octanol–water partition coefficient (Wildman–Crippen LogP) is 3.33. The Balaban J connectivity index is 2.00. The van der Waals surface area contributed by atoms with Crippen molar-refractivity contribution in [2.75, 3.05) is 30.5 Å². The predicted molar refractivity (Wildman–Crippen MR) is 79.4 cm³/mol. The zero-order valence-electron chi connectivity index (χ0n) is 10.4. The van der Waals surface area contributed by atoms with Gasteiger partial charge in [-0.05, 0) is 24.3 Å². The van der Waals surface area contributed by atoms with Crippen LogP contribution in [0, 0.1) is 0 Å². The molecule has 1 unspecified atom stereocenters. The molecule has 2 aromatic rings. The van der Waals surface area contributed by atoms with E-state index in [0.717, 1.165) is 24.0 Å². The molecule has 19 heavy (non-hydrogen) atoms. The lowest BCUT2D eigenvalue weighted by Gasteiger charge is -2.34. The van der Waals surface area contributed by atoms with Crippen LogP contribution in [0.3, 0.4) is 0 Å². The number of hydrogen-bond donors (Lipinski definition) is 0. The number of halogens is 2. The maximum atomic E-state index is 6.01. The lowest BCUT2D eigenvalue weighted by atomic mass is 10.1. The summed E-state index contributed by atoms with van der Waals surface area (Å²) >= 11 is 11.9. The van der Waals surface area contributed by atoms with Crippen LogP contribution in [0.5, 0.6) is 0 Å². The van der Waals surface area contributed by atoms with Crippen molar-refractivity contribution in [3.63, 3.8) is 0 Å². The minimum Gasteiger partial charge on any atom is -0.373 e. The average Bonchev–Trinajstić information content (AvgIpc) is 2.46. The molecule has 3 nitrogen and oxygen atoms in total. The number of alkyl halides is 1. The second-order valence-electron chi connectivity index (χ2n) is 4.58. The highest BCUT2D eigenvalue weighted by Gasteiger charge is 2.21. The number of morpholine rings is 1. The molecule has 1 aliphatic rings. The fourth-order valence-corrected chi connectivity index (χ4v) is 2.77. The van der Waals surface area contributed by atoms with Crippen molar-refractivity contribution in [3.8, 4) is 0 Å². The fraction of sp³-hybridized carbons (Fsp3) is 0.357. The number of nitrogens with zero attached hydrogens (tertiary/aromatic N) is 2. The van der Waals surface area contributed by atoms with E-state index in [9.17, 15) is 0 Å². The van der Waals surface area contributed by atoms with E-state index in [2.05, 4.69) is 9.88 Å². The minimum atomic E-state index is 0.0888. The first-order valence-corrected chi connectivity index (χ1v) is 7.16. The smallest absolute Gasteiger partial charge is 0.0885 e. The largest absolute Gasteiger partial charge is 0.373 e. The SMILES string of the molecule is ClCC1CN(c2ccnc3cc(Cl)ccc23)CCO1. The number of ether oxygens (including phenoxy) is 1. The van der Waals surface area contributed by atoms with Gasteiger partial charge in [-0.15, -0.1) is 11.6 Å². The average molecular weight is 297 g/mol. The third-order valence-corrected chi connectivity index (χ3v) is 3.91. The summed E-state index contributed by atoms with van der Waals surface area (Å²) in [5, 5.41) is 1.82. The van der Waals surface area contributed by atoms with Crippen LogP contribution in [0.25, 0.3) is 10.9 Å². The van der Waals surface area contributed by atoms with Crippen LogP contribution >= 0.6 is 23.2 Å². The first kappa shape index (κ1) is 13.0. The van der Waals surface area contributed by atoms with Crippen LogP contribution in [-0.2, 0) is 4.74 Å². The molecule has 2 heterocycles. The second-order valence-corrected chi connectivity index (χ2v) is 5.33. The van der Waals surface area contributed by atoms with Gasteiger partial charge in [0.25, 0.3) is 0 Å². The van der Waals surface area contributed by atoms with Crippen molar-refractivity contribution in [2.24, 2.45) is 0 Å². The molecule has 0 aliphatic carbocycles. The van der Waals surface area contributed by atoms with E-state index in [1.165, 1.54) is 5.69 Å². The van der Waals surface area contributed by atoms with Gasteiger partial charge in [0.15, 0.2) is 0 Å². The van der Waals surface area contributed by atoms with Gasteiger partial charge in [-0.3, -0.25) is 4.98 Å². The lowest BCUT2D eigenvalue weighted by molar-refractivity contribution is 0.0555. The molecular formula is C14H14Cl2N2O. The maximum Gasteiger partial charge on any atom is 0.0885 e. The molecule has 100 valence electrons. The summed E-state index contributed by atoms with van der Waals surface area (Å²) in [6.45, 7) is 2.38. The summed E-state index contributed by atoms with van der Waals surface area (Å²) in [5.74, 6) is 0.519. The van der Waals surface area contributed by atoms with E-state index >= 15 is 0 Å². The number of benzene rings is 1. The molecule has 1 atom stereocenters. The van der Waals surface area contributed by atoms with Gasteiger partial charge in [-0.2, -0.15) is 0 Å². The fourth-order valence-electron chi connectivity index (χ4n) is 2.41. The van der Waals surface area contributed by atoms with Crippen molar-refractivity contribution in [2.45, 2.75) is 6.10 Å². The molecule has 5 heteroatoms. The third kappa shape index (κ3) is 2.64. The van der Waals surface area contributed by atoms with Gasteiger partial charge in [0.05, 0.1) is 24.1 Å². The second kappa shape index (κ2) is 5.53. The number of hydrogen-bond acceptors (Lipinski definition) is 3. The van der Waals surface area contributed by atoms with Crippen LogP contribution < -0.4 is 4.90 Å². The molecule has 0 saturated carbocycles. The van der Waals surface area contributed by atoms with Crippen LogP contribution in [0.2, 0.25) is 5.02 Å². The van der Waals surface area contributed by atoms with Gasteiger partial charge in [0.2, 0.25) is 0 Å². The number of anilines is 1. The number of pyridine rings is 1. The van der Waals surface area contributed by atoms with Crippen LogP contribution in [0.4, 0.5) is 5.69 Å². The summed E-state index contributed by atoms with van der Waals surface area (Å²) in [6.07, 6.45) is 1.91. The van der Waals surface area contributed by atoms with Crippen molar-refractivity contribution in [1.82, 2.24) is 4.98 Å². The summed E-state index contributed by atoms with van der Waals surface area (Å²) in [6, 6.07) is 7.84. The summed E-state index contributed by atoms with van der Waals surface area (Å²) in [5.41, 5.74) is 2.08. The molecular weight excluding hydrogens is 283 g/mol. The van der Waals surface area contributed by atoms with Gasteiger partial charge in [0, 0.05) is 35.4 Å². The molecule has 3 rings (SSSR count). The number of rotatable bonds is 2. The number of fused-ring (bicyclic) bond motifs is 1. The minimum absolute atomic E-state index is 0.0888. The van der Waals surface area contributed by atoms with Gasteiger partial charge in [0.1, 0.15) is 0 Å². The zero-order chi connectivity index (χ0) is 13.2. The molecule has 1 aromatic carbocycles. The number of aromatic nitrogens is 1. The highest BCUT2D eigenvalue weighted by molar-refractivity contribution is 6.31. The summed E-state index contributed by atoms with van der Waals surface area (Å²) in [4.78, 5) is 6.67. The standard InChI is InChI=1S/C14H14Cl2N2O/c15-8-11-9-18(5-6-19-11)14-3-4-17-13-7-10(16)1-2-12(13)14/h1-4,7,11H,5-6,8-9H2. The summed E-state index contributed by atoms with van der Waals surface area (Å²) in [7, 11) is 0. The topological polar surface area (TPSA) is 25.4 Å². The van der Waals surface area contributed by atoms with E-state index in [1.54, 1.807) is 0 Å². The zero-order valence-corrected chi connectivity index (χ0v) is 11.9. The Morgan fingerprint density at radius 1 is 1.37 bits per heavy atom. The van der Waals surface area contributed by atoms with Crippen LogP contribution in [0.1, 0.15) is 0 Å². The molecule has 1 aliphatic heterocycles. The van der Waals surface area contributed by atoms with Crippen molar-refractivity contribution in [3.05, 3.63) is 35.5 Å². The van der Waals surface area contributed by atoms with Crippen LogP contribution in [0.15, 0.2) is 30.5 Å². The van der Waals surface area contributed by atoms with Gasteiger partial charge in [-0.25, -0.2) is 0 Å². The van der Waals surface area contributed by atoms with E-state index in [4.69, 9.17) is 27.9 Å². The Morgan fingerprint density at radius 2 is 2.26 bits per heavy atom. The highest BCUT2D eigenvalue weighted by atomic mass is 35.5. The molecule has 0 N–H and O–H groups in total. The molecule has 0 spiro atoms. The van der Waals surface area contributed by atoms with Crippen molar-refractivity contribution < 1.29 is 4.74 Å². The highest BCUT2D eigenvalue weighted by Crippen LogP contribution is 2.28. The maximum absolute atomic E-state index is 6.01. The molecule has 1 aromatic heterocycles. The van der Waals surface area contributed by atoms with E-state index in [-0.39, 0.29) is 6.10 Å². The van der Waals surface area contributed by atoms with Gasteiger partial charge in [-0.1, -0.05) is 11.6 Å². The third-order valence-electron chi connectivity index (χ3n) is 3.33. The Labute approximate surface area is 122 Å². The van der Waals surface area contributed by atoms with E-state index < -0.39 is 0 Å². The first-order chi connectivity index (χ1) is 9.28. The lowest BCUT2D eigenvalue weighted by Crippen LogP contribution is -2.43. The Bertz CT molecular complexity index is 591. The first-order valence-electron chi connectivity index (χ1n) is 6.25. The molecule has 1 fully saturated rings. The van der Waals surface area contributed by atoms with Gasteiger partial charge >= 0.3 is 0 Å². The normalized spacial score (nSPS) is 19.9. The molecule has 0 amide bonds. The van der Waals surface area contributed by atoms with E-state index in [0.29, 0.717) is 17.5 Å².